The Morgan fingerprint density at radius 3 is 2.88 bits per heavy atom. The summed E-state index contributed by atoms with van der Waals surface area (Å²) in [7, 11) is -3.78. The van der Waals surface area contributed by atoms with E-state index in [4.69, 9.17) is 5.11 Å². The van der Waals surface area contributed by atoms with Crippen molar-refractivity contribution in [1.82, 2.24) is 15.2 Å². The number of sulfonamides is 1. The van der Waals surface area contributed by atoms with Crippen LogP contribution in [-0.4, -0.2) is 28.7 Å². The number of H-pyrrole nitrogens is 1. The summed E-state index contributed by atoms with van der Waals surface area (Å²) in [6.07, 6.45) is 2.84. The summed E-state index contributed by atoms with van der Waals surface area (Å²) in [5.74, 6) is 0. The number of rotatable bonds is 4. The summed E-state index contributed by atoms with van der Waals surface area (Å²) < 4.78 is 26.2. The molecule has 0 fully saturated rings. The lowest BCUT2D eigenvalue weighted by Gasteiger charge is -2.03. The minimum absolute atomic E-state index is 0.146. The molecule has 17 heavy (non-hydrogen) atoms. The molecule has 0 saturated heterocycles. The summed E-state index contributed by atoms with van der Waals surface area (Å²) in [5.41, 5.74) is 0.214. The van der Waals surface area contributed by atoms with Crippen molar-refractivity contribution in [1.29, 1.82) is 0 Å². The van der Waals surface area contributed by atoms with E-state index < -0.39 is 16.6 Å². The molecule has 0 bridgehead atoms. The first-order valence-electron chi connectivity index (χ1n) is 4.61. The van der Waals surface area contributed by atoms with E-state index >= 15 is 0 Å². The molecule has 0 unspecified atom stereocenters. The normalized spacial score (nSPS) is 11.6. The van der Waals surface area contributed by atoms with E-state index in [1.807, 2.05) is 6.92 Å². The molecule has 92 valence electrons. The van der Waals surface area contributed by atoms with Crippen molar-refractivity contribution in [2.24, 2.45) is 0 Å². The molecule has 0 spiro atoms. The third kappa shape index (κ3) is 2.46. The topological polar surface area (TPSA) is 108 Å². The molecular weight excluding hydrogens is 264 g/mol. The fourth-order valence-electron chi connectivity index (χ4n) is 1.21. The van der Waals surface area contributed by atoms with Gasteiger partial charge in [0.25, 0.3) is 10.0 Å². The number of aliphatic hydroxyl groups excluding tert-OH is 1. The lowest BCUT2D eigenvalue weighted by Crippen LogP contribution is -2.15. The van der Waals surface area contributed by atoms with Crippen LogP contribution in [0, 0.1) is 6.92 Å². The average molecular weight is 274 g/mol. The molecule has 2 heterocycles. The number of nitrogens with one attached hydrogen (secondary N) is 2. The summed E-state index contributed by atoms with van der Waals surface area (Å²) >= 11 is 1.23. The Kier molecular flexibility index (Phi) is 3.13. The van der Waals surface area contributed by atoms with Crippen molar-refractivity contribution >= 4 is 26.5 Å². The van der Waals surface area contributed by atoms with Crippen LogP contribution in [0.3, 0.4) is 0 Å². The molecule has 0 aromatic carbocycles. The van der Waals surface area contributed by atoms with Gasteiger partial charge in [-0.05, 0) is 6.92 Å². The van der Waals surface area contributed by atoms with Gasteiger partial charge in [0.05, 0.1) is 12.8 Å². The molecule has 2 rings (SSSR count). The second-order valence-electron chi connectivity index (χ2n) is 3.26. The van der Waals surface area contributed by atoms with Crippen molar-refractivity contribution in [2.45, 2.75) is 18.6 Å². The first-order valence-corrected chi connectivity index (χ1v) is 6.91. The smallest absolute Gasteiger partial charge is 0.280 e. The van der Waals surface area contributed by atoms with E-state index in [0.717, 1.165) is 4.88 Å². The van der Waals surface area contributed by atoms with Gasteiger partial charge in [-0.2, -0.15) is 13.5 Å². The number of aromatic nitrogens is 3. The van der Waals surface area contributed by atoms with Gasteiger partial charge in [-0.25, -0.2) is 4.98 Å². The second kappa shape index (κ2) is 4.43. The Bertz CT molecular complexity index is 616. The number of anilines is 1. The van der Waals surface area contributed by atoms with Gasteiger partial charge in [0.2, 0.25) is 0 Å². The number of thiazole rings is 1. The summed E-state index contributed by atoms with van der Waals surface area (Å²) in [6, 6.07) is 0. The predicted octanol–water partition coefficient (Wildman–Crippen LogP) is 0.468. The van der Waals surface area contributed by atoms with Crippen LogP contribution in [0.2, 0.25) is 0 Å². The number of aryl methyl sites for hydroxylation is 1. The van der Waals surface area contributed by atoms with Crippen molar-refractivity contribution in [3.63, 3.8) is 0 Å². The van der Waals surface area contributed by atoms with Gasteiger partial charge in [-0.3, -0.25) is 9.82 Å². The van der Waals surface area contributed by atoms with Crippen LogP contribution in [0.15, 0.2) is 17.4 Å². The van der Waals surface area contributed by atoms with E-state index in [9.17, 15) is 8.42 Å². The van der Waals surface area contributed by atoms with Crippen LogP contribution in [0.5, 0.6) is 0 Å². The monoisotopic (exact) mass is 274 g/mol. The molecule has 0 aliphatic carbocycles. The highest BCUT2D eigenvalue weighted by atomic mass is 32.2. The van der Waals surface area contributed by atoms with Gasteiger partial charge < -0.3 is 5.11 Å². The maximum absolute atomic E-state index is 11.9. The lowest BCUT2D eigenvalue weighted by molar-refractivity contribution is 0.278. The first-order chi connectivity index (χ1) is 8.03. The van der Waals surface area contributed by atoms with E-state index in [2.05, 4.69) is 19.9 Å². The van der Waals surface area contributed by atoms with Crippen LogP contribution >= 0.6 is 11.3 Å². The van der Waals surface area contributed by atoms with Gasteiger partial charge >= 0.3 is 0 Å². The standard InChI is InChI=1S/C8H10N4O3S2/c1-5-2-9-8(16-5)12-17(14,15)7-6(4-13)3-10-11-7/h2-3,13H,4H2,1H3,(H,9,12)(H,10,11). The van der Waals surface area contributed by atoms with Crippen LogP contribution in [0.1, 0.15) is 10.4 Å². The first kappa shape index (κ1) is 12.0. The molecule has 2 aromatic heterocycles. The molecule has 0 atom stereocenters. The van der Waals surface area contributed by atoms with Crippen molar-refractivity contribution in [3.05, 3.63) is 22.8 Å². The Balaban J connectivity index is 2.31. The number of aliphatic hydroxyl groups is 1. The van der Waals surface area contributed by atoms with Gasteiger partial charge in [0.15, 0.2) is 10.2 Å². The summed E-state index contributed by atoms with van der Waals surface area (Å²) in [6.45, 7) is 1.43. The zero-order chi connectivity index (χ0) is 12.5. The maximum Gasteiger partial charge on any atom is 0.280 e. The molecule has 7 nitrogen and oxygen atoms in total. The van der Waals surface area contributed by atoms with E-state index in [-0.39, 0.29) is 15.7 Å². The Hall–Kier alpha value is -1.45. The number of hydrogen-bond acceptors (Lipinski definition) is 6. The fourth-order valence-corrected chi connectivity index (χ4v) is 3.24. The van der Waals surface area contributed by atoms with Gasteiger partial charge in [0, 0.05) is 16.6 Å². The number of aromatic amines is 1. The van der Waals surface area contributed by atoms with Crippen LogP contribution in [0.25, 0.3) is 0 Å². The zero-order valence-electron chi connectivity index (χ0n) is 8.84. The van der Waals surface area contributed by atoms with Crippen molar-refractivity contribution < 1.29 is 13.5 Å². The molecule has 0 aliphatic rings. The lowest BCUT2D eigenvalue weighted by atomic mass is 10.4. The second-order valence-corrected chi connectivity index (χ2v) is 6.12. The molecule has 3 N–H and O–H groups in total. The Labute approximate surface area is 102 Å². The maximum atomic E-state index is 11.9. The highest BCUT2D eigenvalue weighted by Gasteiger charge is 2.21. The quantitative estimate of drug-likeness (QED) is 0.751. The zero-order valence-corrected chi connectivity index (χ0v) is 10.5. The minimum Gasteiger partial charge on any atom is -0.392 e. The molecule has 2 aromatic rings. The third-order valence-electron chi connectivity index (χ3n) is 1.96. The predicted molar refractivity (Wildman–Crippen MR) is 62.2 cm³/mol. The Morgan fingerprint density at radius 1 is 1.53 bits per heavy atom. The average Bonchev–Trinajstić information content (AvgIpc) is 2.86. The van der Waals surface area contributed by atoms with Gasteiger partial charge in [-0.15, -0.1) is 11.3 Å². The highest BCUT2D eigenvalue weighted by molar-refractivity contribution is 7.92. The third-order valence-corrected chi connectivity index (χ3v) is 4.27. The fraction of sp³-hybridized carbons (Fsp3) is 0.250. The molecule has 9 heteroatoms. The molecule has 0 aliphatic heterocycles. The summed E-state index contributed by atoms with van der Waals surface area (Å²) in [4.78, 5) is 4.80. The van der Waals surface area contributed by atoms with Crippen LogP contribution in [-0.2, 0) is 16.6 Å². The minimum atomic E-state index is -3.78. The van der Waals surface area contributed by atoms with E-state index in [1.54, 1.807) is 6.20 Å². The molecule has 0 radical (unpaired) electrons. The molecule has 0 saturated carbocycles. The van der Waals surface area contributed by atoms with E-state index in [1.165, 1.54) is 17.5 Å². The number of hydrogen-bond donors (Lipinski definition) is 3. The highest BCUT2D eigenvalue weighted by Crippen LogP contribution is 2.21. The van der Waals surface area contributed by atoms with Crippen LogP contribution in [0.4, 0.5) is 5.13 Å². The Morgan fingerprint density at radius 2 is 2.29 bits per heavy atom. The van der Waals surface area contributed by atoms with Crippen molar-refractivity contribution in [3.8, 4) is 0 Å². The van der Waals surface area contributed by atoms with Crippen LogP contribution < -0.4 is 4.72 Å². The SMILES string of the molecule is Cc1cnc(NS(=O)(=O)c2[nH]ncc2CO)s1. The van der Waals surface area contributed by atoms with E-state index in [0.29, 0.717) is 0 Å². The largest absolute Gasteiger partial charge is 0.392 e. The molecule has 0 amide bonds. The van der Waals surface area contributed by atoms with Crippen molar-refractivity contribution in [2.75, 3.05) is 4.72 Å². The van der Waals surface area contributed by atoms with Gasteiger partial charge in [-0.1, -0.05) is 0 Å². The summed E-state index contributed by atoms with van der Waals surface area (Å²) in [5, 5.41) is 15.0. The van der Waals surface area contributed by atoms with Gasteiger partial charge in [0.1, 0.15) is 0 Å². The number of nitrogens with zero attached hydrogens (tertiary/aromatic N) is 2. The molecular formula is C8H10N4O3S2.